The standard InChI is InChI=1S/C15H23N3O2S/c1-10(2)7-8-17-15(20)18-13(19)9-21-12-6-4-5-11(3)14(12)16/h4-6,10H,7-9,16H2,1-3H3,(H2,17,18,19,20). The minimum atomic E-state index is -0.446. The lowest BCUT2D eigenvalue weighted by atomic mass is 10.1. The minimum absolute atomic E-state index is 0.158. The van der Waals surface area contributed by atoms with E-state index in [0.717, 1.165) is 16.9 Å². The average Bonchev–Trinajstić information content (AvgIpc) is 2.40. The summed E-state index contributed by atoms with van der Waals surface area (Å²) in [5.74, 6) is 0.342. The Bertz CT molecular complexity index is 504. The number of nitrogens with one attached hydrogen (secondary N) is 2. The van der Waals surface area contributed by atoms with Crippen molar-refractivity contribution in [1.82, 2.24) is 10.6 Å². The maximum Gasteiger partial charge on any atom is 0.321 e. The summed E-state index contributed by atoms with van der Waals surface area (Å²) in [6.45, 7) is 6.64. The molecule has 0 atom stereocenters. The number of hydrogen-bond acceptors (Lipinski definition) is 4. The lowest BCUT2D eigenvalue weighted by Gasteiger charge is -2.09. The number of nitrogens with two attached hydrogens (primary N) is 1. The van der Waals surface area contributed by atoms with Gasteiger partial charge in [-0.1, -0.05) is 26.0 Å². The van der Waals surface area contributed by atoms with Gasteiger partial charge in [-0.15, -0.1) is 11.8 Å². The molecule has 0 unspecified atom stereocenters. The molecule has 116 valence electrons. The summed E-state index contributed by atoms with van der Waals surface area (Å²) in [6.07, 6.45) is 0.885. The van der Waals surface area contributed by atoms with Gasteiger partial charge < -0.3 is 11.1 Å². The third kappa shape index (κ3) is 6.53. The Morgan fingerprint density at radius 2 is 2.05 bits per heavy atom. The largest absolute Gasteiger partial charge is 0.398 e. The fraction of sp³-hybridized carbons (Fsp3) is 0.467. The Morgan fingerprint density at radius 3 is 2.71 bits per heavy atom. The number of amides is 3. The second kappa shape index (κ2) is 8.56. The molecule has 0 fully saturated rings. The van der Waals surface area contributed by atoms with Crippen LogP contribution < -0.4 is 16.4 Å². The van der Waals surface area contributed by atoms with Gasteiger partial charge in [0.25, 0.3) is 0 Å². The maximum absolute atomic E-state index is 11.7. The van der Waals surface area contributed by atoms with Crippen LogP contribution in [0.2, 0.25) is 0 Å². The van der Waals surface area contributed by atoms with Gasteiger partial charge in [0.1, 0.15) is 0 Å². The minimum Gasteiger partial charge on any atom is -0.398 e. The van der Waals surface area contributed by atoms with Crippen molar-refractivity contribution in [2.45, 2.75) is 32.1 Å². The Hall–Kier alpha value is -1.69. The summed E-state index contributed by atoms with van der Waals surface area (Å²) in [7, 11) is 0. The highest BCUT2D eigenvalue weighted by Gasteiger charge is 2.09. The number of urea groups is 1. The van der Waals surface area contributed by atoms with Crippen LogP contribution in [0.4, 0.5) is 10.5 Å². The number of hydrogen-bond donors (Lipinski definition) is 3. The highest BCUT2D eigenvalue weighted by Crippen LogP contribution is 2.26. The predicted octanol–water partition coefficient (Wildman–Crippen LogP) is 2.54. The first kappa shape index (κ1) is 17.4. The molecule has 0 aromatic heterocycles. The van der Waals surface area contributed by atoms with E-state index in [1.54, 1.807) is 0 Å². The first-order valence-electron chi connectivity index (χ1n) is 6.95. The van der Waals surface area contributed by atoms with E-state index in [0.29, 0.717) is 18.2 Å². The van der Waals surface area contributed by atoms with Crippen molar-refractivity contribution in [2.24, 2.45) is 5.92 Å². The number of imide groups is 1. The topological polar surface area (TPSA) is 84.2 Å². The molecule has 4 N–H and O–H groups in total. The molecule has 0 aliphatic carbocycles. The summed E-state index contributed by atoms with van der Waals surface area (Å²) in [6, 6.07) is 5.23. The number of anilines is 1. The molecule has 0 aliphatic rings. The molecule has 0 heterocycles. The molecule has 1 aromatic carbocycles. The first-order chi connectivity index (χ1) is 9.90. The van der Waals surface area contributed by atoms with E-state index in [2.05, 4.69) is 24.5 Å². The molecule has 0 spiro atoms. The second-order valence-electron chi connectivity index (χ2n) is 5.26. The molecule has 0 saturated carbocycles. The van der Waals surface area contributed by atoms with Gasteiger partial charge in [-0.2, -0.15) is 0 Å². The Balaban J connectivity index is 2.34. The fourth-order valence-corrected chi connectivity index (χ4v) is 2.45. The predicted molar refractivity (Wildman–Crippen MR) is 87.3 cm³/mol. The van der Waals surface area contributed by atoms with Gasteiger partial charge in [0.2, 0.25) is 5.91 Å². The summed E-state index contributed by atoms with van der Waals surface area (Å²) >= 11 is 1.32. The zero-order valence-corrected chi connectivity index (χ0v) is 13.5. The molecular formula is C15H23N3O2S. The zero-order chi connectivity index (χ0) is 15.8. The first-order valence-corrected chi connectivity index (χ1v) is 7.94. The van der Waals surface area contributed by atoms with Crippen molar-refractivity contribution in [3.8, 4) is 0 Å². The van der Waals surface area contributed by atoms with Crippen molar-refractivity contribution >= 4 is 29.4 Å². The van der Waals surface area contributed by atoms with Gasteiger partial charge in [-0.3, -0.25) is 10.1 Å². The van der Waals surface area contributed by atoms with E-state index >= 15 is 0 Å². The van der Waals surface area contributed by atoms with Crippen LogP contribution in [0.1, 0.15) is 25.8 Å². The van der Waals surface area contributed by atoms with Crippen molar-refractivity contribution in [1.29, 1.82) is 0 Å². The number of nitrogen functional groups attached to an aromatic ring is 1. The summed E-state index contributed by atoms with van der Waals surface area (Å²) < 4.78 is 0. The number of carbonyl (C=O) groups excluding carboxylic acids is 2. The van der Waals surface area contributed by atoms with Crippen LogP contribution in [0, 0.1) is 12.8 Å². The third-order valence-corrected chi connectivity index (χ3v) is 3.98. The molecule has 5 nitrogen and oxygen atoms in total. The Morgan fingerprint density at radius 1 is 1.33 bits per heavy atom. The average molecular weight is 309 g/mol. The quantitative estimate of drug-likeness (QED) is 0.557. The van der Waals surface area contributed by atoms with E-state index in [4.69, 9.17) is 5.73 Å². The fourth-order valence-electron chi connectivity index (χ4n) is 1.60. The van der Waals surface area contributed by atoms with E-state index in [1.807, 2.05) is 25.1 Å². The number of aryl methyl sites for hydroxylation is 1. The summed E-state index contributed by atoms with van der Waals surface area (Å²) in [5.41, 5.74) is 7.59. The summed E-state index contributed by atoms with van der Waals surface area (Å²) in [4.78, 5) is 24.0. The maximum atomic E-state index is 11.7. The lowest BCUT2D eigenvalue weighted by Crippen LogP contribution is -2.40. The highest BCUT2D eigenvalue weighted by molar-refractivity contribution is 8.00. The SMILES string of the molecule is Cc1cccc(SCC(=O)NC(=O)NCCC(C)C)c1N. The van der Waals surface area contributed by atoms with E-state index < -0.39 is 6.03 Å². The van der Waals surface area contributed by atoms with Crippen LogP contribution in [-0.2, 0) is 4.79 Å². The number of para-hydroxylation sites is 1. The molecule has 3 amide bonds. The Labute approximate surface area is 130 Å². The monoisotopic (exact) mass is 309 g/mol. The molecule has 0 bridgehead atoms. The van der Waals surface area contributed by atoms with Gasteiger partial charge in [-0.05, 0) is 30.9 Å². The molecule has 0 aliphatic heterocycles. The van der Waals surface area contributed by atoms with E-state index in [1.165, 1.54) is 11.8 Å². The summed E-state index contributed by atoms with van der Waals surface area (Å²) in [5, 5.41) is 4.97. The molecule has 1 rings (SSSR count). The van der Waals surface area contributed by atoms with Crippen molar-refractivity contribution in [3.63, 3.8) is 0 Å². The van der Waals surface area contributed by atoms with Gasteiger partial charge in [0.15, 0.2) is 0 Å². The van der Waals surface area contributed by atoms with Crippen LogP contribution in [0.25, 0.3) is 0 Å². The normalized spacial score (nSPS) is 10.5. The van der Waals surface area contributed by atoms with Crippen molar-refractivity contribution in [3.05, 3.63) is 23.8 Å². The number of rotatable bonds is 6. The molecule has 21 heavy (non-hydrogen) atoms. The van der Waals surface area contributed by atoms with Crippen LogP contribution in [-0.4, -0.2) is 24.2 Å². The van der Waals surface area contributed by atoms with Crippen LogP contribution in [0.3, 0.4) is 0 Å². The molecule has 0 radical (unpaired) electrons. The van der Waals surface area contributed by atoms with Crippen molar-refractivity contribution < 1.29 is 9.59 Å². The van der Waals surface area contributed by atoms with Gasteiger partial charge >= 0.3 is 6.03 Å². The third-order valence-electron chi connectivity index (χ3n) is 2.90. The molecule has 0 saturated heterocycles. The number of carbonyl (C=O) groups is 2. The molecule has 6 heteroatoms. The highest BCUT2D eigenvalue weighted by atomic mass is 32.2. The van der Waals surface area contributed by atoms with Gasteiger partial charge in [0, 0.05) is 17.1 Å². The van der Waals surface area contributed by atoms with Crippen molar-refractivity contribution in [2.75, 3.05) is 18.0 Å². The number of benzene rings is 1. The molecule has 1 aromatic rings. The van der Waals surface area contributed by atoms with Crippen LogP contribution in [0.15, 0.2) is 23.1 Å². The Kier molecular flexibility index (Phi) is 7.08. The van der Waals surface area contributed by atoms with Gasteiger partial charge in [-0.25, -0.2) is 4.79 Å². The molecular weight excluding hydrogens is 286 g/mol. The smallest absolute Gasteiger partial charge is 0.321 e. The van der Waals surface area contributed by atoms with E-state index in [-0.39, 0.29) is 11.7 Å². The van der Waals surface area contributed by atoms with Crippen LogP contribution in [0.5, 0.6) is 0 Å². The van der Waals surface area contributed by atoms with Gasteiger partial charge in [0.05, 0.1) is 5.75 Å². The van der Waals surface area contributed by atoms with E-state index in [9.17, 15) is 9.59 Å². The number of thioether (sulfide) groups is 1. The second-order valence-corrected chi connectivity index (χ2v) is 6.28. The lowest BCUT2D eigenvalue weighted by molar-refractivity contribution is -0.117. The zero-order valence-electron chi connectivity index (χ0n) is 12.7. The van der Waals surface area contributed by atoms with Crippen LogP contribution >= 0.6 is 11.8 Å².